The highest BCUT2D eigenvalue weighted by Gasteiger charge is 2.53. The number of carboxylic acid groups (broad SMARTS) is 1. The Balaban J connectivity index is 0.000000176. The van der Waals surface area contributed by atoms with Gasteiger partial charge < -0.3 is 71.6 Å². The van der Waals surface area contributed by atoms with Gasteiger partial charge in [-0.05, 0) is 208 Å². The molecule has 2 N–H and O–H groups in total. The van der Waals surface area contributed by atoms with Gasteiger partial charge in [0.15, 0.2) is 13.9 Å². The van der Waals surface area contributed by atoms with Crippen molar-refractivity contribution in [2.45, 2.75) is 185 Å². The summed E-state index contributed by atoms with van der Waals surface area (Å²) in [7, 11) is -0.540. The van der Waals surface area contributed by atoms with Crippen LogP contribution in [0.2, 0.25) is 0 Å². The molecule has 4 heterocycles. The fourth-order valence-electron chi connectivity index (χ4n) is 14.5. The monoisotopic (exact) mass is 1930 g/mol. The summed E-state index contributed by atoms with van der Waals surface area (Å²) in [6, 6.07) is 72.4. The number of para-hydroxylation sites is 3. The molecule has 3 aromatic heterocycles. The second-order valence-electron chi connectivity index (χ2n) is 32.5. The van der Waals surface area contributed by atoms with E-state index in [0.717, 1.165) is 198 Å². The molecule has 0 amide bonds. The largest absolute Gasteiger partial charge is 0.507 e. The van der Waals surface area contributed by atoms with Crippen LogP contribution in [0.25, 0.3) is 21.1 Å². The Hall–Kier alpha value is -12.4. The minimum atomic E-state index is -1.04. The molecule has 22 nitrogen and oxygen atoms in total. The summed E-state index contributed by atoms with van der Waals surface area (Å²) in [6.45, 7) is 28.9. The maximum absolute atomic E-state index is 11.6. The van der Waals surface area contributed by atoms with Crippen LogP contribution >= 0.6 is 49.9 Å². The zero-order chi connectivity index (χ0) is 94.6. The molecule has 0 atom stereocenters. The van der Waals surface area contributed by atoms with Gasteiger partial charge in [-0.25, -0.2) is 4.79 Å². The first-order valence-corrected chi connectivity index (χ1v) is 49.0. The maximum Gasteiger partial charge on any atom is 0.498 e. The van der Waals surface area contributed by atoms with E-state index in [9.17, 15) is 15.0 Å². The van der Waals surface area contributed by atoms with Crippen molar-refractivity contribution in [3.05, 3.63) is 306 Å². The van der Waals surface area contributed by atoms with E-state index in [1.54, 1.807) is 40.8 Å². The summed E-state index contributed by atoms with van der Waals surface area (Å²) in [5.74, 6) is 9.44. The van der Waals surface area contributed by atoms with E-state index in [1.807, 2.05) is 153 Å². The third-order valence-corrected chi connectivity index (χ3v) is 25.0. The third-order valence-electron chi connectivity index (χ3n) is 22.3. The van der Waals surface area contributed by atoms with E-state index in [4.69, 9.17) is 61.4 Å². The Morgan fingerprint density at radius 2 is 0.739 bits per heavy atom. The van der Waals surface area contributed by atoms with Crippen LogP contribution in [0.1, 0.15) is 174 Å². The van der Waals surface area contributed by atoms with Crippen LogP contribution in [0, 0.1) is 13.8 Å². The number of aromatic hydroxyl groups is 1. The van der Waals surface area contributed by atoms with Crippen molar-refractivity contribution in [2.75, 3.05) is 39.6 Å². The maximum atomic E-state index is 11.6. The molecule has 15 rings (SSSR count). The standard InChI is InChI=1S/C40H49BO6.C36H38N2O4S.C29H30N2O6S.C2HBrN2S/c1-8-17-32-35(22-15-23-36(32)45-34-21-14-13-18-29(34)3)42-24-16-25-43-37-27-38(44-28-30-19-11-10-12-20-30)33(26-31(37)9-2)41-46-39(4,5)40(6,7)47-41;1-4-13-29-32(18-11-19-33(29)42-31-17-10-9-14-26(31)3)39-20-12-21-40-34-23-35(41-24-27-15-7-6-8-16-27)30(22-28(34)5-2)36-38-37-25-43-36;1-3-9-20-24(12-7-13-25(20)37-26-11-6-5-10-21(26)29(33)34)35-14-8-15-36-27-17-23(32)22(16-19(27)4-2)28-31-30-18-38-28;3-2-5-4-1-6-2/h10-15,18-23,26-27H,8-9,16-17,24-25,28H2,1-7H3;6-11,14-19,22-23,25H,4-5,12-13,20-21,24H2,1-3H3;5-7,10-13,16-18,32H,3-4,8-9,14-15H2,1-2H3,(H,33,34);1H. The number of carboxylic acids is 1. The van der Waals surface area contributed by atoms with Crippen molar-refractivity contribution in [3.8, 4) is 107 Å². The molecule has 134 heavy (non-hydrogen) atoms. The molecule has 1 saturated heterocycles. The van der Waals surface area contributed by atoms with E-state index < -0.39 is 24.3 Å². The molecule has 11 aromatic carbocycles. The number of phenolic OH excluding ortho intramolecular Hbond substituents is 1. The quantitative estimate of drug-likeness (QED) is 0.0266. The Morgan fingerprint density at radius 1 is 0.381 bits per heavy atom. The number of rotatable bonds is 43. The highest BCUT2D eigenvalue weighted by atomic mass is 79.9. The normalized spacial score (nSPS) is 12.2. The van der Waals surface area contributed by atoms with E-state index in [0.29, 0.717) is 92.8 Å². The first kappa shape index (κ1) is 101. The van der Waals surface area contributed by atoms with Crippen molar-refractivity contribution in [2.24, 2.45) is 0 Å². The Bertz CT molecular complexity index is 5980. The molecular weight excluding hydrogens is 1810 g/mol. The van der Waals surface area contributed by atoms with Gasteiger partial charge in [-0.2, -0.15) is 0 Å². The molecule has 0 aliphatic carbocycles. The minimum absolute atomic E-state index is 0.104. The molecular formula is C107H118BBrN6O16S3. The fourth-order valence-corrected chi connectivity index (χ4v) is 16.3. The molecule has 1 aliphatic rings. The molecule has 1 fully saturated rings. The van der Waals surface area contributed by atoms with Crippen LogP contribution in [0.4, 0.5) is 0 Å². The van der Waals surface area contributed by atoms with Gasteiger partial charge in [0.1, 0.15) is 122 Å². The second-order valence-corrected chi connectivity index (χ2v) is 36.3. The van der Waals surface area contributed by atoms with Crippen molar-refractivity contribution in [1.29, 1.82) is 0 Å². The van der Waals surface area contributed by atoms with Gasteiger partial charge in [-0.1, -0.05) is 228 Å². The van der Waals surface area contributed by atoms with Gasteiger partial charge in [0.2, 0.25) is 0 Å². The average molecular weight is 1930 g/mol. The SMILES string of the molecule is Brc1nncs1.CCCc1c(OCCCOc2cc(O)c(-c3nncs3)cc2CC)cccc1Oc1ccccc1C(=O)O.CCCc1c(OCCCOc2cc(OCc3ccccc3)c(-c3nncs3)cc2CC)cccc1Oc1ccccc1C.CCCc1c(OCCCOc2cc(OCc3ccccc3)c(B3OC(C)(C)C(C)(C)O3)cc2CC)cccc1Oc1ccccc1C. The highest BCUT2D eigenvalue weighted by molar-refractivity contribution is 9.11. The van der Waals surface area contributed by atoms with Crippen LogP contribution in [0.3, 0.4) is 0 Å². The van der Waals surface area contributed by atoms with Gasteiger partial charge >= 0.3 is 13.1 Å². The number of hydrogen-bond acceptors (Lipinski definition) is 24. The summed E-state index contributed by atoms with van der Waals surface area (Å²) in [5.41, 5.74) is 17.3. The smallest absolute Gasteiger partial charge is 0.498 e. The summed E-state index contributed by atoms with van der Waals surface area (Å²) in [4.78, 5) is 11.6. The lowest BCUT2D eigenvalue weighted by atomic mass is 9.77. The first-order valence-electron chi connectivity index (χ1n) is 45.6. The van der Waals surface area contributed by atoms with Crippen molar-refractivity contribution in [3.63, 3.8) is 0 Å². The van der Waals surface area contributed by atoms with Gasteiger partial charge in [-0.3, -0.25) is 0 Å². The van der Waals surface area contributed by atoms with Gasteiger partial charge in [0.25, 0.3) is 0 Å². The number of halogens is 1. The lowest BCUT2D eigenvalue weighted by molar-refractivity contribution is 0.00578. The number of phenols is 1. The predicted molar refractivity (Wildman–Crippen MR) is 536 cm³/mol. The second kappa shape index (κ2) is 51.2. The highest BCUT2D eigenvalue weighted by Crippen LogP contribution is 2.44. The number of ether oxygens (including phenoxy) is 11. The number of nitrogens with zero attached hydrogens (tertiary/aromatic N) is 6. The van der Waals surface area contributed by atoms with Crippen LogP contribution in [0.5, 0.6) is 86.2 Å². The fraction of sp³-hybridized carbons (Fsp3) is 0.318. The summed E-state index contributed by atoms with van der Waals surface area (Å²) < 4.78 is 82.5. The summed E-state index contributed by atoms with van der Waals surface area (Å²) in [6.07, 6.45) is 9.77. The zero-order valence-electron chi connectivity index (χ0n) is 78.2. The predicted octanol–water partition coefficient (Wildman–Crippen LogP) is 26.3. The number of carbonyl (C=O) groups is 1. The number of benzene rings is 11. The van der Waals surface area contributed by atoms with E-state index >= 15 is 0 Å². The van der Waals surface area contributed by atoms with E-state index in [-0.39, 0.29) is 17.1 Å². The number of hydrogen-bond donors (Lipinski definition) is 2. The summed E-state index contributed by atoms with van der Waals surface area (Å²) >= 11 is 7.47. The lowest BCUT2D eigenvalue weighted by Crippen LogP contribution is -2.41. The molecule has 0 unspecified atom stereocenters. The molecule has 0 spiro atoms. The van der Waals surface area contributed by atoms with E-state index in [2.05, 4.69) is 171 Å². The van der Waals surface area contributed by atoms with Crippen LogP contribution < -0.4 is 57.6 Å². The van der Waals surface area contributed by atoms with Crippen molar-refractivity contribution in [1.82, 2.24) is 30.6 Å². The molecule has 700 valence electrons. The minimum Gasteiger partial charge on any atom is -0.507 e. The zero-order valence-corrected chi connectivity index (χ0v) is 82.2. The Labute approximate surface area is 807 Å². The third kappa shape index (κ3) is 28.4. The molecule has 27 heteroatoms. The summed E-state index contributed by atoms with van der Waals surface area (Å²) in [5, 5.41) is 44.8. The molecule has 0 radical (unpaired) electrons. The van der Waals surface area contributed by atoms with Crippen LogP contribution in [0.15, 0.2) is 245 Å². The number of aromatic nitrogens is 6. The molecule has 0 bridgehead atoms. The molecule has 14 aromatic rings. The topological polar surface area (TPSA) is 255 Å². The van der Waals surface area contributed by atoms with Gasteiger partial charge in [0, 0.05) is 59.6 Å². The number of aromatic carboxylic acids is 1. The van der Waals surface area contributed by atoms with E-state index in [1.165, 1.54) is 40.1 Å². The molecule has 1 aliphatic heterocycles. The average Bonchev–Trinajstić information content (AvgIpc) is 1.61. The van der Waals surface area contributed by atoms with Crippen molar-refractivity contribution >= 4 is 68.5 Å². The Kier molecular flexibility index (Phi) is 38.4. The van der Waals surface area contributed by atoms with Crippen molar-refractivity contribution < 1.29 is 76.4 Å². The van der Waals surface area contributed by atoms with Crippen LogP contribution in [-0.4, -0.2) is 105 Å². The van der Waals surface area contributed by atoms with Gasteiger partial charge in [0.05, 0.1) is 62.0 Å². The number of aryl methyl sites for hydroxylation is 5. The lowest BCUT2D eigenvalue weighted by Gasteiger charge is -2.32. The van der Waals surface area contributed by atoms with Gasteiger partial charge in [-0.15, -0.1) is 30.6 Å². The first-order chi connectivity index (χ1) is 65.2. The molecule has 0 saturated carbocycles. The Morgan fingerprint density at radius 3 is 1.14 bits per heavy atom. The van der Waals surface area contributed by atoms with Crippen LogP contribution in [-0.2, 0) is 61.0 Å².